The van der Waals surface area contributed by atoms with E-state index in [1.54, 1.807) is 0 Å². The number of fused-ring (bicyclic) bond motifs is 2. The Morgan fingerprint density at radius 1 is 1.00 bits per heavy atom. The monoisotopic (exact) mass is 472 g/mol. The summed E-state index contributed by atoms with van der Waals surface area (Å²) in [7, 11) is 0. The number of rotatable bonds is 3. The van der Waals surface area contributed by atoms with E-state index < -0.39 is 6.97 Å². The zero-order valence-electron chi connectivity index (χ0n) is 18.8. The average Bonchev–Trinajstić information content (AvgIpc) is 3.06. The van der Waals surface area contributed by atoms with Gasteiger partial charge in [0.25, 0.3) is 0 Å². The van der Waals surface area contributed by atoms with Gasteiger partial charge in [-0.05, 0) is 80.6 Å². The highest BCUT2D eigenvalue weighted by molar-refractivity contribution is 9.10. The molecule has 0 amide bonds. The summed E-state index contributed by atoms with van der Waals surface area (Å²) in [6.07, 6.45) is 1.48. The van der Waals surface area contributed by atoms with Crippen LogP contribution in [-0.2, 0) is 6.42 Å². The lowest BCUT2D eigenvalue weighted by Crippen LogP contribution is -2.51. The van der Waals surface area contributed by atoms with Crippen molar-refractivity contribution < 1.29 is 13.1 Å². The molecule has 0 N–H and O–H groups in total. The highest BCUT2D eigenvalue weighted by Gasteiger charge is 2.56. The van der Waals surface area contributed by atoms with Crippen LogP contribution in [-0.4, -0.2) is 21.6 Å². The van der Waals surface area contributed by atoms with Gasteiger partial charge in [0.15, 0.2) is 5.70 Å². The number of benzene rings is 1. The SMILES string of the molecule is CCC1=C(C)C2=C(c3cc(C)cc(Br)c3)c3c(C)c(CC)c(C)n3[B-](F)(F)[N+]2=C1C. The van der Waals surface area contributed by atoms with E-state index in [9.17, 15) is 0 Å². The van der Waals surface area contributed by atoms with Gasteiger partial charge < -0.3 is 17.6 Å². The molecule has 2 aliphatic rings. The van der Waals surface area contributed by atoms with Gasteiger partial charge in [0, 0.05) is 28.2 Å². The number of hydrogen-bond donors (Lipinski definition) is 0. The zero-order valence-corrected chi connectivity index (χ0v) is 20.3. The summed E-state index contributed by atoms with van der Waals surface area (Å²) in [5, 5.41) is 0. The van der Waals surface area contributed by atoms with Gasteiger partial charge in [0.1, 0.15) is 5.71 Å². The molecule has 0 unspecified atom stereocenters. The summed E-state index contributed by atoms with van der Waals surface area (Å²) < 4.78 is 36.0. The van der Waals surface area contributed by atoms with Gasteiger partial charge in [-0.15, -0.1) is 0 Å². The first-order valence-electron chi connectivity index (χ1n) is 10.6. The molecule has 0 bridgehead atoms. The minimum Gasteiger partial charge on any atom is -0.393 e. The normalized spacial score (nSPS) is 17.8. The minimum atomic E-state index is -3.97. The Morgan fingerprint density at radius 2 is 1.67 bits per heavy atom. The molecule has 1 aromatic carbocycles. The number of nitrogens with zero attached hydrogens (tertiary/aromatic N) is 2. The van der Waals surface area contributed by atoms with Crippen molar-refractivity contribution in [2.45, 2.75) is 61.3 Å². The quantitative estimate of drug-likeness (QED) is 0.427. The minimum absolute atomic E-state index is 0.669. The van der Waals surface area contributed by atoms with Crippen LogP contribution in [0.15, 0.2) is 39.5 Å². The molecule has 0 radical (unpaired) electrons. The van der Waals surface area contributed by atoms with Crippen molar-refractivity contribution in [3.05, 3.63) is 73.2 Å². The van der Waals surface area contributed by atoms with Crippen molar-refractivity contribution in [1.29, 1.82) is 0 Å². The molecule has 0 fully saturated rings. The molecule has 30 heavy (non-hydrogen) atoms. The van der Waals surface area contributed by atoms with E-state index in [0.29, 0.717) is 22.8 Å². The molecule has 2 aromatic rings. The molecule has 2 aliphatic heterocycles. The topological polar surface area (TPSA) is 7.94 Å². The Balaban J connectivity index is 2.25. The van der Waals surface area contributed by atoms with Crippen molar-refractivity contribution in [1.82, 2.24) is 4.48 Å². The summed E-state index contributed by atoms with van der Waals surface area (Å²) in [6.45, 7) is 9.83. The lowest BCUT2D eigenvalue weighted by Gasteiger charge is -2.34. The van der Waals surface area contributed by atoms with Crippen LogP contribution in [0.5, 0.6) is 0 Å². The van der Waals surface area contributed by atoms with Gasteiger partial charge >= 0.3 is 6.97 Å². The number of halogens is 3. The van der Waals surface area contributed by atoms with Crippen LogP contribution >= 0.6 is 15.9 Å². The van der Waals surface area contributed by atoms with E-state index in [4.69, 9.17) is 0 Å². The molecule has 4 rings (SSSR count). The summed E-state index contributed by atoms with van der Waals surface area (Å²) in [5.74, 6) is 0. The second-order valence-corrected chi connectivity index (χ2v) is 9.42. The summed E-state index contributed by atoms with van der Waals surface area (Å²) in [6, 6.07) is 6.20. The lowest BCUT2D eigenvalue weighted by atomic mass is 9.83. The van der Waals surface area contributed by atoms with Gasteiger partial charge in [-0.2, -0.15) is 0 Å². The predicted octanol–water partition coefficient (Wildman–Crippen LogP) is 6.95. The predicted molar refractivity (Wildman–Crippen MR) is 125 cm³/mol. The van der Waals surface area contributed by atoms with Crippen LogP contribution in [0.4, 0.5) is 8.63 Å². The van der Waals surface area contributed by atoms with Gasteiger partial charge in [-0.3, -0.25) is 0 Å². The smallest absolute Gasteiger partial charge is 0.393 e. The average molecular weight is 473 g/mol. The Bertz CT molecular complexity index is 1180. The largest absolute Gasteiger partial charge is 0.737 e. The highest BCUT2D eigenvalue weighted by atomic mass is 79.9. The molecule has 3 heterocycles. The van der Waals surface area contributed by atoms with Gasteiger partial charge in [-0.1, -0.05) is 35.8 Å². The van der Waals surface area contributed by atoms with Gasteiger partial charge in [0.05, 0.1) is 5.57 Å². The van der Waals surface area contributed by atoms with Crippen LogP contribution in [0.25, 0.3) is 5.57 Å². The van der Waals surface area contributed by atoms with Gasteiger partial charge in [-0.25, -0.2) is 0 Å². The maximum absolute atomic E-state index is 16.2. The van der Waals surface area contributed by atoms with Crippen LogP contribution in [0.3, 0.4) is 0 Å². The number of aryl methyl sites for hydroxylation is 1. The molecule has 158 valence electrons. The van der Waals surface area contributed by atoms with Crippen LogP contribution < -0.4 is 0 Å². The Hall–Kier alpha value is -1.95. The Labute approximate surface area is 186 Å². The molecular formula is C24H28BBrF2N2. The molecular weight excluding hydrogens is 445 g/mol. The fraction of sp³-hybridized carbons (Fsp3) is 0.375. The molecule has 0 aliphatic carbocycles. The van der Waals surface area contributed by atoms with Crippen LogP contribution in [0.1, 0.15) is 67.8 Å². The van der Waals surface area contributed by atoms with Gasteiger partial charge in [0.2, 0.25) is 0 Å². The standard InChI is InChI=1S/C24H28BBrF2N2/c1-8-20-14(4)23-22(18-10-13(3)11-19(26)12-18)24-15(5)21(9-2)17(7)30(24)25(27,28)29(23)16(20)6/h10-12H,8-9H2,1-7H3. The van der Waals surface area contributed by atoms with Crippen molar-refractivity contribution >= 4 is 34.2 Å². The Kier molecular flexibility index (Phi) is 5.00. The molecule has 1 aromatic heterocycles. The second kappa shape index (κ2) is 7.05. The van der Waals surface area contributed by atoms with E-state index in [0.717, 1.165) is 56.3 Å². The van der Waals surface area contributed by atoms with E-state index >= 15 is 8.63 Å². The third-order valence-corrected chi connectivity index (χ3v) is 7.28. The maximum Gasteiger partial charge on any atom is 0.737 e. The number of aromatic nitrogens is 1. The number of allylic oxidation sites excluding steroid dienone is 2. The third kappa shape index (κ3) is 2.68. The first kappa shape index (κ1) is 21.3. The first-order valence-corrected chi connectivity index (χ1v) is 11.4. The van der Waals surface area contributed by atoms with Crippen LogP contribution in [0, 0.1) is 20.8 Å². The second-order valence-electron chi connectivity index (χ2n) is 8.50. The summed E-state index contributed by atoms with van der Waals surface area (Å²) in [5.41, 5.74) is 9.64. The first-order chi connectivity index (χ1) is 14.1. The Morgan fingerprint density at radius 3 is 2.23 bits per heavy atom. The molecule has 2 nitrogen and oxygen atoms in total. The molecule has 6 heteroatoms. The van der Waals surface area contributed by atoms with Crippen molar-refractivity contribution in [2.24, 2.45) is 0 Å². The number of hydrogen-bond acceptors (Lipinski definition) is 0. The molecule has 0 saturated carbocycles. The van der Waals surface area contributed by atoms with Crippen molar-refractivity contribution in [2.75, 3.05) is 0 Å². The fourth-order valence-electron chi connectivity index (χ4n) is 5.63. The summed E-state index contributed by atoms with van der Waals surface area (Å²) >= 11 is 3.61. The third-order valence-electron chi connectivity index (χ3n) is 6.83. The fourth-order valence-corrected chi connectivity index (χ4v) is 6.24. The van der Waals surface area contributed by atoms with Crippen molar-refractivity contribution in [3.8, 4) is 0 Å². The van der Waals surface area contributed by atoms with E-state index in [2.05, 4.69) is 28.1 Å². The van der Waals surface area contributed by atoms with E-state index in [-0.39, 0.29) is 0 Å². The van der Waals surface area contributed by atoms with Crippen molar-refractivity contribution in [3.63, 3.8) is 0 Å². The van der Waals surface area contributed by atoms with E-state index in [1.165, 1.54) is 8.96 Å². The maximum atomic E-state index is 16.2. The lowest BCUT2D eigenvalue weighted by molar-refractivity contribution is -0.363. The highest BCUT2D eigenvalue weighted by Crippen LogP contribution is 2.47. The molecule has 0 spiro atoms. The van der Waals surface area contributed by atoms with Crippen LogP contribution in [0.2, 0.25) is 0 Å². The van der Waals surface area contributed by atoms with E-state index in [1.807, 2.05) is 54.5 Å². The summed E-state index contributed by atoms with van der Waals surface area (Å²) in [4.78, 5) is 0. The molecule has 0 atom stereocenters. The molecule has 0 saturated heterocycles. The zero-order chi connectivity index (χ0) is 22.1.